The van der Waals surface area contributed by atoms with Gasteiger partial charge < -0.3 is 15.8 Å². The van der Waals surface area contributed by atoms with E-state index in [1.165, 1.54) is 12.1 Å². The van der Waals surface area contributed by atoms with Gasteiger partial charge in [-0.15, -0.1) is 0 Å². The molecule has 1 amide bonds. The number of carbonyl (C=O) groups excluding carboxylic acids is 1. The van der Waals surface area contributed by atoms with Crippen molar-refractivity contribution in [2.75, 3.05) is 18.5 Å². The molecule has 0 radical (unpaired) electrons. The number of anilines is 1. The number of hydrogen-bond acceptors (Lipinski definition) is 5. The van der Waals surface area contributed by atoms with E-state index in [1.807, 2.05) is 0 Å². The van der Waals surface area contributed by atoms with Crippen molar-refractivity contribution in [3.05, 3.63) is 24.3 Å². The van der Waals surface area contributed by atoms with Crippen LogP contribution in [0.3, 0.4) is 0 Å². The Labute approximate surface area is 143 Å². The average Bonchev–Trinajstić information content (AvgIpc) is 2.46. The molecule has 0 bridgehead atoms. The first kappa shape index (κ1) is 18.9. The predicted octanol–water partition coefficient (Wildman–Crippen LogP) is 1.21. The molecule has 134 valence electrons. The number of benzene rings is 1. The second kappa shape index (κ2) is 6.79. The second-order valence-corrected chi connectivity index (χ2v) is 8.79. The highest BCUT2D eigenvalue weighted by Crippen LogP contribution is 2.22. The van der Waals surface area contributed by atoms with E-state index in [4.69, 9.17) is 10.5 Å². The van der Waals surface area contributed by atoms with Crippen LogP contribution in [0.25, 0.3) is 0 Å². The van der Waals surface area contributed by atoms with Gasteiger partial charge >= 0.3 is 0 Å². The fourth-order valence-corrected chi connectivity index (χ4v) is 3.89. The minimum Gasteiger partial charge on any atom is -0.381 e. The summed E-state index contributed by atoms with van der Waals surface area (Å²) >= 11 is 0. The van der Waals surface area contributed by atoms with Crippen molar-refractivity contribution in [2.45, 2.75) is 49.6 Å². The van der Waals surface area contributed by atoms with Crippen LogP contribution < -0.4 is 15.8 Å². The molecule has 0 aromatic heterocycles. The first-order chi connectivity index (χ1) is 11.0. The van der Waals surface area contributed by atoms with E-state index >= 15 is 0 Å². The molecule has 0 aliphatic carbocycles. The quantitative estimate of drug-likeness (QED) is 0.752. The molecule has 0 unspecified atom stereocenters. The highest BCUT2D eigenvalue weighted by atomic mass is 32.2. The molecule has 1 saturated heterocycles. The van der Waals surface area contributed by atoms with Crippen LogP contribution in [0.2, 0.25) is 0 Å². The maximum atomic E-state index is 12.4. The minimum absolute atomic E-state index is 0.0910. The lowest BCUT2D eigenvalue weighted by molar-refractivity contribution is -0.124. The molecule has 8 heteroatoms. The topological polar surface area (TPSA) is 111 Å². The monoisotopic (exact) mass is 355 g/mol. The Balaban J connectivity index is 2.17. The summed E-state index contributed by atoms with van der Waals surface area (Å²) in [5.41, 5.74) is 4.95. The summed E-state index contributed by atoms with van der Waals surface area (Å²) in [5, 5.41) is 2.72. The zero-order valence-corrected chi connectivity index (χ0v) is 15.1. The van der Waals surface area contributed by atoms with Gasteiger partial charge in [0, 0.05) is 24.4 Å². The normalized spacial score (nSPS) is 18.2. The standard InChI is InChI=1S/C16H25N3O4S/c1-15(2,3)19-24(21,22)13-6-4-5-12(11-13)18-14(20)16(17)7-9-23-10-8-16/h4-6,11,19H,7-10,17H2,1-3H3,(H,18,20). The van der Waals surface area contributed by atoms with Crippen LogP contribution in [-0.2, 0) is 19.6 Å². The maximum Gasteiger partial charge on any atom is 0.244 e. The van der Waals surface area contributed by atoms with E-state index < -0.39 is 21.1 Å². The van der Waals surface area contributed by atoms with Gasteiger partial charge in [0.1, 0.15) is 5.54 Å². The van der Waals surface area contributed by atoms with E-state index in [9.17, 15) is 13.2 Å². The highest BCUT2D eigenvalue weighted by Gasteiger charge is 2.36. The van der Waals surface area contributed by atoms with Gasteiger partial charge in [-0.1, -0.05) is 6.07 Å². The Kier molecular flexibility index (Phi) is 5.34. The summed E-state index contributed by atoms with van der Waals surface area (Å²) in [7, 11) is -3.67. The Morgan fingerprint density at radius 2 is 1.88 bits per heavy atom. The molecule has 1 heterocycles. The van der Waals surface area contributed by atoms with Gasteiger partial charge in [0.25, 0.3) is 0 Å². The lowest BCUT2D eigenvalue weighted by Gasteiger charge is -2.31. The smallest absolute Gasteiger partial charge is 0.244 e. The van der Waals surface area contributed by atoms with Crippen molar-refractivity contribution in [3.63, 3.8) is 0 Å². The van der Waals surface area contributed by atoms with E-state index in [-0.39, 0.29) is 10.8 Å². The molecule has 4 N–H and O–H groups in total. The number of rotatable bonds is 4. The zero-order chi connectivity index (χ0) is 18.0. The molecule has 0 atom stereocenters. The van der Waals surface area contributed by atoms with Crippen molar-refractivity contribution in [1.29, 1.82) is 0 Å². The Morgan fingerprint density at radius 3 is 2.46 bits per heavy atom. The van der Waals surface area contributed by atoms with Gasteiger partial charge in [-0.25, -0.2) is 13.1 Å². The van der Waals surface area contributed by atoms with Gasteiger partial charge in [0.15, 0.2) is 0 Å². The van der Waals surface area contributed by atoms with Crippen LogP contribution >= 0.6 is 0 Å². The molecule has 2 rings (SSSR count). The Bertz CT molecular complexity index is 704. The molecular weight excluding hydrogens is 330 g/mol. The second-order valence-electron chi connectivity index (χ2n) is 7.11. The first-order valence-corrected chi connectivity index (χ1v) is 9.32. The molecule has 1 aromatic carbocycles. The molecular formula is C16H25N3O4S. The predicted molar refractivity (Wildman–Crippen MR) is 92.1 cm³/mol. The largest absolute Gasteiger partial charge is 0.381 e. The lowest BCUT2D eigenvalue weighted by atomic mass is 9.90. The number of hydrogen-bond donors (Lipinski definition) is 3. The number of nitrogens with one attached hydrogen (secondary N) is 2. The molecule has 1 aliphatic rings. The number of ether oxygens (including phenoxy) is 1. The summed E-state index contributed by atoms with van der Waals surface area (Å²) < 4.78 is 32.6. The number of nitrogens with two attached hydrogens (primary N) is 1. The molecule has 1 aromatic rings. The van der Waals surface area contributed by atoms with Gasteiger partial charge in [-0.3, -0.25) is 4.79 Å². The van der Waals surface area contributed by atoms with Crippen LogP contribution in [0.1, 0.15) is 33.6 Å². The number of sulfonamides is 1. The van der Waals surface area contributed by atoms with Crippen molar-refractivity contribution in [3.8, 4) is 0 Å². The van der Waals surface area contributed by atoms with E-state index in [0.29, 0.717) is 31.7 Å². The van der Waals surface area contributed by atoms with E-state index in [0.717, 1.165) is 0 Å². The lowest BCUT2D eigenvalue weighted by Crippen LogP contribution is -2.54. The third-order valence-electron chi connectivity index (χ3n) is 3.68. The van der Waals surface area contributed by atoms with Crippen LogP contribution in [-0.4, -0.2) is 38.6 Å². The van der Waals surface area contributed by atoms with Crippen LogP contribution in [0, 0.1) is 0 Å². The summed E-state index contributed by atoms with van der Waals surface area (Å²) in [6, 6.07) is 6.13. The fraction of sp³-hybridized carbons (Fsp3) is 0.562. The van der Waals surface area contributed by atoms with Gasteiger partial charge in [-0.05, 0) is 51.8 Å². The summed E-state index contributed by atoms with van der Waals surface area (Å²) in [6.07, 6.45) is 0.866. The summed E-state index contributed by atoms with van der Waals surface area (Å²) in [5.74, 6) is -0.330. The van der Waals surface area contributed by atoms with Gasteiger partial charge in [0.2, 0.25) is 15.9 Å². The first-order valence-electron chi connectivity index (χ1n) is 7.84. The molecule has 7 nitrogen and oxygen atoms in total. The number of carbonyl (C=O) groups is 1. The maximum absolute atomic E-state index is 12.4. The van der Waals surface area contributed by atoms with Crippen molar-refractivity contribution < 1.29 is 17.9 Å². The van der Waals surface area contributed by atoms with Crippen LogP contribution in [0.5, 0.6) is 0 Å². The third kappa shape index (κ3) is 4.76. The van der Waals surface area contributed by atoms with Crippen LogP contribution in [0.15, 0.2) is 29.2 Å². The van der Waals surface area contributed by atoms with Crippen molar-refractivity contribution in [1.82, 2.24) is 4.72 Å². The minimum atomic E-state index is -3.67. The van der Waals surface area contributed by atoms with E-state index in [2.05, 4.69) is 10.0 Å². The highest BCUT2D eigenvalue weighted by molar-refractivity contribution is 7.89. The third-order valence-corrected chi connectivity index (χ3v) is 5.44. The SMILES string of the molecule is CC(C)(C)NS(=O)(=O)c1cccc(NC(=O)C2(N)CCOCC2)c1. The summed E-state index contributed by atoms with van der Waals surface area (Å²) in [4.78, 5) is 12.5. The van der Waals surface area contributed by atoms with Crippen molar-refractivity contribution in [2.24, 2.45) is 5.73 Å². The fourth-order valence-electron chi connectivity index (χ4n) is 2.42. The average molecular weight is 355 g/mol. The molecule has 0 saturated carbocycles. The van der Waals surface area contributed by atoms with Gasteiger partial charge in [-0.2, -0.15) is 0 Å². The molecule has 24 heavy (non-hydrogen) atoms. The molecule has 0 spiro atoms. The molecule has 1 aliphatic heterocycles. The van der Waals surface area contributed by atoms with E-state index in [1.54, 1.807) is 32.9 Å². The van der Waals surface area contributed by atoms with Gasteiger partial charge in [0.05, 0.1) is 4.90 Å². The Morgan fingerprint density at radius 1 is 1.25 bits per heavy atom. The van der Waals surface area contributed by atoms with Crippen LogP contribution in [0.4, 0.5) is 5.69 Å². The number of amides is 1. The van der Waals surface area contributed by atoms with Crippen molar-refractivity contribution >= 4 is 21.6 Å². The Hall–Kier alpha value is -1.48. The zero-order valence-electron chi connectivity index (χ0n) is 14.3. The summed E-state index contributed by atoms with van der Waals surface area (Å²) in [6.45, 7) is 6.17. The molecule has 1 fully saturated rings.